The molecule has 0 aliphatic heterocycles. The minimum absolute atomic E-state index is 0.262. The van der Waals surface area contributed by atoms with Crippen LogP contribution in [0, 0.1) is 0 Å². The highest BCUT2D eigenvalue weighted by Gasteiger charge is 2.06. The second-order valence-corrected chi connectivity index (χ2v) is 4.55. The van der Waals surface area contributed by atoms with Crippen molar-refractivity contribution in [1.29, 1.82) is 0 Å². The molecule has 0 saturated carbocycles. The maximum atomic E-state index is 4.31. The Morgan fingerprint density at radius 1 is 1.44 bits per heavy atom. The molecule has 0 spiro atoms. The Labute approximate surface area is 100 Å². The summed E-state index contributed by atoms with van der Waals surface area (Å²) in [6, 6.07) is 8.80. The van der Waals surface area contributed by atoms with Gasteiger partial charge in [0.25, 0.3) is 0 Å². The summed E-state index contributed by atoms with van der Waals surface area (Å²) in [6.45, 7) is 4.30. The molecule has 1 aromatic carbocycles. The van der Waals surface area contributed by atoms with Crippen molar-refractivity contribution < 1.29 is 0 Å². The van der Waals surface area contributed by atoms with Gasteiger partial charge < -0.3 is 5.32 Å². The first-order chi connectivity index (χ1) is 7.79. The molecular formula is C13H16N2S. The molecule has 84 valence electrons. The van der Waals surface area contributed by atoms with Crippen molar-refractivity contribution in [2.75, 3.05) is 5.32 Å². The van der Waals surface area contributed by atoms with Crippen LogP contribution in [0.1, 0.15) is 31.1 Å². The summed E-state index contributed by atoms with van der Waals surface area (Å²) in [5.74, 6) is 0. The molecule has 1 atom stereocenters. The van der Waals surface area contributed by atoms with Gasteiger partial charge in [-0.05, 0) is 31.0 Å². The number of anilines is 1. The van der Waals surface area contributed by atoms with Gasteiger partial charge in [0.2, 0.25) is 0 Å². The van der Waals surface area contributed by atoms with Crippen LogP contribution in [0.3, 0.4) is 0 Å². The third kappa shape index (κ3) is 2.61. The Morgan fingerprint density at radius 3 is 3.00 bits per heavy atom. The van der Waals surface area contributed by atoms with E-state index in [1.807, 2.05) is 5.51 Å². The largest absolute Gasteiger partial charge is 0.377 e. The van der Waals surface area contributed by atoms with Crippen LogP contribution in [0.4, 0.5) is 5.69 Å². The van der Waals surface area contributed by atoms with Gasteiger partial charge in [-0.3, -0.25) is 0 Å². The fourth-order valence-corrected chi connectivity index (χ4v) is 2.29. The predicted molar refractivity (Wildman–Crippen MR) is 70.0 cm³/mol. The first-order valence-corrected chi connectivity index (χ1v) is 6.47. The van der Waals surface area contributed by atoms with Gasteiger partial charge in [0.15, 0.2) is 0 Å². The topological polar surface area (TPSA) is 24.9 Å². The molecule has 1 unspecified atom stereocenters. The van der Waals surface area contributed by atoms with Crippen LogP contribution in [0.25, 0.3) is 0 Å². The first kappa shape index (κ1) is 11.1. The molecule has 2 rings (SSSR count). The van der Waals surface area contributed by atoms with E-state index in [4.69, 9.17) is 0 Å². The minimum atomic E-state index is 0.262. The summed E-state index contributed by atoms with van der Waals surface area (Å²) in [5.41, 5.74) is 5.50. The zero-order chi connectivity index (χ0) is 11.4. The number of hydrogen-bond donors (Lipinski definition) is 1. The highest BCUT2D eigenvalue weighted by Crippen LogP contribution is 2.19. The van der Waals surface area contributed by atoms with E-state index in [1.165, 1.54) is 11.3 Å². The number of aryl methyl sites for hydroxylation is 1. The van der Waals surface area contributed by atoms with E-state index >= 15 is 0 Å². The van der Waals surface area contributed by atoms with Crippen LogP contribution in [0.2, 0.25) is 0 Å². The third-order valence-electron chi connectivity index (χ3n) is 2.61. The Morgan fingerprint density at radius 2 is 2.31 bits per heavy atom. The standard InChI is InChI=1S/C13H16N2S/c1-3-11-5-4-6-12(7-11)15-10(2)13-8-16-9-14-13/h4-10,15H,3H2,1-2H3. The van der Waals surface area contributed by atoms with Crippen molar-refractivity contribution in [2.24, 2.45) is 0 Å². The fraction of sp³-hybridized carbons (Fsp3) is 0.308. The zero-order valence-corrected chi connectivity index (χ0v) is 10.4. The second-order valence-electron chi connectivity index (χ2n) is 3.83. The van der Waals surface area contributed by atoms with Gasteiger partial charge in [0.1, 0.15) is 0 Å². The summed E-state index contributed by atoms with van der Waals surface area (Å²) < 4.78 is 0. The SMILES string of the molecule is CCc1cccc(NC(C)c2cscn2)c1. The maximum Gasteiger partial charge on any atom is 0.0795 e. The molecule has 0 fully saturated rings. The molecule has 0 saturated heterocycles. The lowest BCUT2D eigenvalue weighted by Gasteiger charge is -2.13. The minimum Gasteiger partial charge on any atom is -0.377 e. The number of rotatable bonds is 4. The van der Waals surface area contributed by atoms with Crippen molar-refractivity contribution in [3.05, 3.63) is 46.4 Å². The first-order valence-electron chi connectivity index (χ1n) is 5.53. The van der Waals surface area contributed by atoms with Crippen molar-refractivity contribution in [2.45, 2.75) is 26.3 Å². The Hall–Kier alpha value is -1.35. The van der Waals surface area contributed by atoms with Gasteiger partial charge in [-0.25, -0.2) is 4.98 Å². The fourth-order valence-electron chi connectivity index (χ4n) is 1.64. The number of thiazole rings is 1. The van der Waals surface area contributed by atoms with E-state index in [0.717, 1.165) is 12.1 Å². The third-order valence-corrected chi connectivity index (χ3v) is 3.22. The summed E-state index contributed by atoms with van der Waals surface area (Å²) in [5, 5.41) is 5.55. The predicted octanol–water partition coefficient (Wildman–Crippen LogP) is 3.88. The number of aromatic nitrogens is 1. The molecular weight excluding hydrogens is 216 g/mol. The molecule has 3 heteroatoms. The van der Waals surface area contributed by atoms with Crippen molar-refractivity contribution in [3.8, 4) is 0 Å². The van der Waals surface area contributed by atoms with Gasteiger partial charge in [-0.1, -0.05) is 19.1 Å². The molecule has 0 bridgehead atoms. The molecule has 1 heterocycles. The maximum absolute atomic E-state index is 4.31. The van der Waals surface area contributed by atoms with Crippen LogP contribution in [0.15, 0.2) is 35.2 Å². The molecule has 16 heavy (non-hydrogen) atoms. The van der Waals surface area contributed by atoms with Gasteiger partial charge in [-0.15, -0.1) is 11.3 Å². The summed E-state index contributed by atoms with van der Waals surface area (Å²) in [7, 11) is 0. The van der Waals surface area contributed by atoms with Crippen LogP contribution in [-0.4, -0.2) is 4.98 Å². The Bertz CT molecular complexity index is 437. The molecule has 2 aromatic rings. The molecule has 0 aliphatic carbocycles. The summed E-state index contributed by atoms with van der Waals surface area (Å²) in [4.78, 5) is 4.31. The van der Waals surface area contributed by atoms with E-state index in [1.54, 1.807) is 11.3 Å². The lowest BCUT2D eigenvalue weighted by molar-refractivity contribution is 0.849. The molecule has 1 N–H and O–H groups in total. The summed E-state index contributed by atoms with van der Waals surface area (Å²) in [6.07, 6.45) is 1.07. The number of benzene rings is 1. The van der Waals surface area contributed by atoms with E-state index < -0.39 is 0 Å². The van der Waals surface area contributed by atoms with Crippen molar-refractivity contribution >= 4 is 17.0 Å². The van der Waals surface area contributed by atoms with Crippen LogP contribution < -0.4 is 5.32 Å². The second kappa shape index (κ2) is 5.12. The quantitative estimate of drug-likeness (QED) is 0.865. The van der Waals surface area contributed by atoms with E-state index in [9.17, 15) is 0 Å². The molecule has 1 aromatic heterocycles. The van der Waals surface area contributed by atoms with E-state index in [0.29, 0.717) is 0 Å². The smallest absolute Gasteiger partial charge is 0.0795 e. The summed E-state index contributed by atoms with van der Waals surface area (Å²) >= 11 is 1.64. The number of nitrogens with one attached hydrogen (secondary N) is 1. The van der Waals surface area contributed by atoms with Gasteiger partial charge >= 0.3 is 0 Å². The van der Waals surface area contributed by atoms with Gasteiger partial charge in [-0.2, -0.15) is 0 Å². The zero-order valence-electron chi connectivity index (χ0n) is 9.60. The molecule has 0 aliphatic rings. The Kier molecular flexibility index (Phi) is 3.57. The van der Waals surface area contributed by atoms with Crippen molar-refractivity contribution in [1.82, 2.24) is 4.98 Å². The van der Waals surface area contributed by atoms with Gasteiger partial charge in [0, 0.05) is 11.1 Å². The number of hydrogen-bond acceptors (Lipinski definition) is 3. The van der Waals surface area contributed by atoms with Crippen LogP contribution in [0.5, 0.6) is 0 Å². The molecule has 0 amide bonds. The molecule has 2 nitrogen and oxygen atoms in total. The van der Waals surface area contributed by atoms with E-state index in [-0.39, 0.29) is 6.04 Å². The lowest BCUT2D eigenvalue weighted by Crippen LogP contribution is -2.06. The Balaban J connectivity index is 2.08. The lowest BCUT2D eigenvalue weighted by atomic mass is 10.1. The highest BCUT2D eigenvalue weighted by atomic mass is 32.1. The average molecular weight is 232 g/mol. The normalized spacial score (nSPS) is 12.4. The van der Waals surface area contributed by atoms with Crippen LogP contribution >= 0.6 is 11.3 Å². The highest BCUT2D eigenvalue weighted by molar-refractivity contribution is 7.07. The van der Waals surface area contributed by atoms with Crippen molar-refractivity contribution in [3.63, 3.8) is 0 Å². The molecule has 0 radical (unpaired) electrons. The van der Waals surface area contributed by atoms with Gasteiger partial charge in [0.05, 0.1) is 17.2 Å². The average Bonchev–Trinajstić information content (AvgIpc) is 2.83. The van der Waals surface area contributed by atoms with Crippen LogP contribution in [-0.2, 0) is 6.42 Å². The van der Waals surface area contributed by atoms with E-state index in [2.05, 4.69) is 53.8 Å². The monoisotopic (exact) mass is 232 g/mol. The number of nitrogens with zero attached hydrogens (tertiary/aromatic N) is 1.